The highest BCUT2D eigenvalue weighted by Crippen LogP contribution is 2.25. The first kappa shape index (κ1) is 13.3. The molecule has 0 atom stereocenters. The lowest BCUT2D eigenvalue weighted by Crippen LogP contribution is -1.89. The SMILES string of the molecule is N#CC(C#N)=CNc1nc(-c2ccc(C#N)cc2)cs1. The predicted molar refractivity (Wildman–Crippen MR) is 75.2 cm³/mol. The summed E-state index contributed by atoms with van der Waals surface area (Å²) in [5, 5.41) is 31.2. The van der Waals surface area contributed by atoms with Crippen molar-refractivity contribution in [2.75, 3.05) is 5.32 Å². The van der Waals surface area contributed by atoms with Crippen LogP contribution in [0, 0.1) is 34.0 Å². The summed E-state index contributed by atoms with van der Waals surface area (Å²) in [5.74, 6) is 0. The number of anilines is 1. The van der Waals surface area contributed by atoms with E-state index >= 15 is 0 Å². The zero-order valence-electron chi connectivity index (χ0n) is 10.2. The van der Waals surface area contributed by atoms with Gasteiger partial charge in [0.1, 0.15) is 17.7 Å². The number of rotatable bonds is 3. The van der Waals surface area contributed by atoms with Crippen LogP contribution in [0.3, 0.4) is 0 Å². The number of thiazole rings is 1. The van der Waals surface area contributed by atoms with Crippen molar-refractivity contribution in [1.82, 2.24) is 4.98 Å². The highest BCUT2D eigenvalue weighted by atomic mass is 32.1. The van der Waals surface area contributed by atoms with Gasteiger partial charge in [-0.05, 0) is 12.1 Å². The monoisotopic (exact) mass is 277 g/mol. The Morgan fingerprint density at radius 1 is 1.15 bits per heavy atom. The molecule has 0 aliphatic heterocycles. The summed E-state index contributed by atoms with van der Waals surface area (Å²) in [6, 6.07) is 12.7. The summed E-state index contributed by atoms with van der Waals surface area (Å²) in [4.78, 5) is 4.34. The van der Waals surface area contributed by atoms with E-state index in [9.17, 15) is 0 Å². The Morgan fingerprint density at radius 3 is 2.45 bits per heavy atom. The van der Waals surface area contributed by atoms with E-state index in [1.165, 1.54) is 17.5 Å². The van der Waals surface area contributed by atoms with Gasteiger partial charge < -0.3 is 5.32 Å². The number of nitrogens with one attached hydrogen (secondary N) is 1. The molecule has 5 nitrogen and oxygen atoms in total. The van der Waals surface area contributed by atoms with Crippen molar-refractivity contribution in [3.8, 4) is 29.5 Å². The average molecular weight is 277 g/mol. The van der Waals surface area contributed by atoms with E-state index in [0.29, 0.717) is 10.7 Å². The Balaban J connectivity index is 2.17. The van der Waals surface area contributed by atoms with E-state index in [1.807, 2.05) is 17.5 Å². The molecule has 1 heterocycles. The molecular formula is C14H7N5S. The molecule has 0 radical (unpaired) electrons. The fourth-order valence-corrected chi connectivity index (χ4v) is 2.10. The van der Waals surface area contributed by atoms with Gasteiger partial charge in [-0.3, -0.25) is 0 Å². The normalized spacial score (nSPS) is 8.85. The fourth-order valence-electron chi connectivity index (χ4n) is 1.41. The van der Waals surface area contributed by atoms with Crippen LogP contribution in [0.5, 0.6) is 0 Å². The van der Waals surface area contributed by atoms with Gasteiger partial charge >= 0.3 is 0 Å². The van der Waals surface area contributed by atoms with Crippen LogP contribution >= 0.6 is 11.3 Å². The molecule has 0 aliphatic rings. The highest BCUT2D eigenvalue weighted by Gasteiger charge is 2.04. The third-order valence-electron chi connectivity index (χ3n) is 2.39. The predicted octanol–water partition coefficient (Wildman–Crippen LogP) is 3.02. The van der Waals surface area contributed by atoms with E-state index in [1.54, 1.807) is 24.3 Å². The lowest BCUT2D eigenvalue weighted by atomic mass is 10.1. The molecule has 20 heavy (non-hydrogen) atoms. The van der Waals surface area contributed by atoms with Gasteiger partial charge in [0, 0.05) is 17.1 Å². The minimum atomic E-state index is -0.0138. The Morgan fingerprint density at radius 2 is 1.85 bits per heavy atom. The maximum Gasteiger partial charge on any atom is 0.187 e. The van der Waals surface area contributed by atoms with Crippen LogP contribution in [-0.4, -0.2) is 4.98 Å². The molecule has 2 rings (SSSR count). The topological polar surface area (TPSA) is 96.3 Å². The second-order valence-corrected chi connectivity index (χ2v) is 4.51. The van der Waals surface area contributed by atoms with E-state index in [0.717, 1.165) is 11.3 Å². The van der Waals surface area contributed by atoms with Crippen molar-refractivity contribution in [2.45, 2.75) is 0 Å². The molecule has 0 bridgehead atoms. The molecule has 0 fully saturated rings. The summed E-state index contributed by atoms with van der Waals surface area (Å²) in [5.41, 5.74) is 2.25. The van der Waals surface area contributed by atoms with Crippen LogP contribution < -0.4 is 5.32 Å². The quantitative estimate of drug-likeness (QED) is 0.870. The van der Waals surface area contributed by atoms with Crippen LogP contribution in [0.4, 0.5) is 5.13 Å². The first-order valence-corrected chi connectivity index (χ1v) is 6.37. The van der Waals surface area contributed by atoms with Gasteiger partial charge in [0.05, 0.1) is 17.3 Å². The summed E-state index contributed by atoms with van der Waals surface area (Å²) in [7, 11) is 0. The molecule has 0 aliphatic carbocycles. The van der Waals surface area contributed by atoms with E-state index in [2.05, 4.69) is 16.4 Å². The molecular weight excluding hydrogens is 270 g/mol. The van der Waals surface area contributed by atoms with Crippen molar-refractivity contribution >= 4 is 16.5 Å². The van der Waals surface area contributed by atoms with Crippen LogP contribution in [0.2, 0.25) is 0 Å². The molecule has 1 aromatic heterocycles. The van der Waals surface area contributed by atoms with Crippen molar-refractivity contribution in [3.63, 3.8) is 0 Å². The van der Waals surface area contributed by atoms with Crippen molar-refractivity contribution in [3.05, 3.63) is 47.0 Å². The standard InChI is InChI=1S/C14H7N5S/c15-5-10-1-3-12(4-2-10)13-9-20-14(19-13)18-8-11(6-16)7-17/h1-4,8-9H,(H,18,19). The Labute approximate surface area is 119 Å². The molecule has 1 aromatic carbocycles. The molecule has 1 N–H and O–H groups in total. The molecule has 6 heteroatoms. The van der Waals surface area contributed by atoms with Crippen LogP contribution in [0.1, 0.15) is 5.56 Å². The minimum absolute atomic E-state index is 0.0138. The van der Waals surface area contributed by atoms with Gasteiger partial charge in [0.25, 0.3) is 0 Å². The second-order valence-electron chi connectivity index (χ2n) is 3.65. The minimum Gasteiger partial charge on any atom is -0.336 e. The van der Waals surface area contributed by atoms with Crippen molar-refractivity contribution in [2.24, 2.45) is 0 Å². The number of allylic oxidation sites excluding steroid dienone is 1. The van der Waals surface area contributed by atoms with Crippen LogP contribution in [0.25, 0.3) is 11.3 Å². The summed E-state index contributed by atoms with van der Waals surface area (Å²) >= 11 is 1.37. The molecule has 0 saturated heterocycles. The lowest BCUT2D eigenvalue weighted by molar-refractivity contribution is 1.37. The van der Waals surface area contributed by atoms with Crippen LogP contribution in [-0.2, 0) is 0 Å². The maximum absolute atomic E-state index is 8.74. The Hall–Kier alpha value is -3.14. The number of aromatic nitrogens is 1. The largest absolute Gasteiger partial charge is 0.336 e. The number of nitrogens with zero attached hydrogens (tertiary/aromatic N) is 4. The number of hydrogen-bond donors (Lipinski definition) is 1. The second kappa shape index (κ2) is 6.15. The van der Waals surface area contributed by atoms with Crippen molar-refractivity contribution in [1.29, 1.82) is 15.8 Å². The first-order chi connectivity index (χ1) is 9.76. The summed E-state index contributed by atoms with van der Waals surface area (Å²) < 4.78 is 0. The van der Waals surface area contributed by atoms with Gasteiger partial charge in [-0.25, -0.2) is 4.98 Å². The van der Waals surface area contributed by atoms with E-state index < -0.39 is 0 Å². The molecule has 2 aromatic rings. The number of hydrogen-bond acceptors (Lipinski definition) is 6. The fraction of sp³-hybridized carbons (Fsp3) is 0. The summed E-state index contributed by atoms with van der Waals surface area (Å²) in [6.07, 6.45) is 1.32. The Bertz CT molecular complexity index is 750. The van der Waals surface area contributed by atoms with E-state index in [-0.39, 0.29) is 5.57 Å². The molecule has 94 valence electrons. The molecule has 0 unspecified atom stereocenters. The third kappa shape index (κ3) is 3.00. The van der Waals surface area contributed by atoms with Gasteiger partial charge in [-0.1, -0.05) is 12.1 Å². The molecule has 0 amide bonds. The van der Waals surface area contributed by atoms with Gasteiger partial charge in [-0.2, -0.15) is 15.8 Å². The maximum atomic E-state index is 8.74. The van der Waals surface area contributed by atoms with Gasteiger partial charge in [0.15, 0.2) is 5.13 Å². The number of benzene rings is 1. The van der Waals surface area contributed by atoms with Gasteiger partial charge in [0.2, 0.25) is 0 Å². The summed E-state index contributed by atoms with van der Waals surface area (Å²) in [6.45, 7) is 0. The third-order valence-corrected chi connectivity index (χ3v) is 3.17. The zero-order valence-corrected chi connectivity index (χ0v) is 11.0. The first-order valence-electron chi connectivity index (χ1n) is 5.50. The average Bonchev–Trinajstić information content (AvgIpc) is 2.97. The molecule has 0 spiro atoms. The zero-order chi connectivity index (χ0) is 14.4. The lowest BCUT2D eigenvalue weighted by Gasteiger charge is -1.96. The van der Waals surface area contributed by atoms with Crippen molar-refractivity contribution < 1.29 is 0 Å². The number of nitriles is 3. The highest BCUT2D eigenvalue weighted by molar-refractivity contribution is 7.14. The van der Waals surface area contributed by atoms with Crippen LogP contribution in [0.15, 0.2) is 41.4 Å². The smallest absolute Gasteiger partial charge is 0.187 e. The molecule has 0 saturated carbocycles. The van der Waals surface area contributed by atoms with Gasteiger partial charge in [-0.15, -0.1) is 11.3 Å². The Kier molecular flexibility index (Phi) is 4.09. The van der Waals surface area contributed by atoms with E-state index in [4.69, 9.17) is 15.8 Å².